The second-order valence-electron chi connectivity index (χ2n) is 4.03. The van der Waals surface area contributed by atoms with Crippen LogP contribution in [0.5, 0.6) is 5.88 Å². The van der Waals surface area contributed by atoms with E-state index in [1.54, 1.807) is 6.07 Å². The summed E-state index contributed by atoms with van der Waals surface area (Å²) in [4.78, 5) is 8.73. The standard InChI is InChI=1S/C14H13N3O2S/c1-2-18-13-9(15)7-8-12(17-13)20-14-16-10-5-3-4-6-11(10)19-14/h3-8H,2,15H2,1H3. The van der Waals surface area contributed by atoms with Crippen molar-refractivity contribution in [3.05, 3.63) is 36.4 Å². The molecule has 1 aromatic carbocycles. The lowest BCUT2D eigenvalue weighted by molar-refractivity contribution is 0.326. The van der Waals surface area contributed by atoms with Gasteiger partial charge in [-0.15, -0.1) is 0 Å². The maximum absolute atomic E-state index is 5.79. The highest BCUT2D eigenvalue weighted by Gasteiger charge is 2.10. The smallest absolute Gasteiger partial charge is 0.263 e. The number of rotatable bonds is 4. The summed E-state index contributed by atoms with van der Waals surface area (Å²) in [6.45, 7) is 2.41. The van der Waals surface area contributed by atoms with E-state index in [0.717, 1.165) is 16.1 Å². The number of para-hydroxylation sites is 2. The number of pyridine rings is 1. The first-order chi connectivity index (χ1) is 9.76. The molecule has 2 N–H and O–H groups in total. The molecule has 2 aromatic heterocycles. The third kappa shape index (κ3) is 2.55. The molecule has 0 aliphatic carbocycles. The van der Waals surface area contributed by atoms with Gasteiger partial charge in [-0.3, -0.25) is 0 Å². The van der Waals surface area contributed by atoms with Crippen molar-refractivity contribution in [2.45, 2.75) is 17.2 Å². The van der Waals surface area contributed by atoms with Gasteiger partial charge in [-0.1, -0.05) is 12.1 Å². The Hall–Kier alpha value is -2.21. The minimum absolute atomic E-state index is 0.439. The fraction of sp³-hybridized carbons (Fsp3) is 0.143. The number of nitrogen functional groups attached to an aromatic ring is 1. The average Bonchev–Trinajstić information content (AvgIpc) is 2.85. The SMILES string of the molecule is CCOc1nc(Sc2nc3ccccc3o2)ccc1N. The van der Waals surface area contributed by atoms with Crippen LogP contribution in [-0.4, -0.2) is 16.6 Å². The van der Waals surface area contributed by atoms with E-state index >= 15 is 0 Å². The summed E-state index contributed by atoms with van der Waals surface area (Å²) < 4.78 is 11.0. The summed E-state index contributed by atoms with van der Waals surface area (Å²) in [5, 5.41) is 1.28. The molecule has 0 unspecified atom stereocenters. The van der Waals surface area contributed by atoms with Crippen molar-refractivity contribution in [3.63, 3.8) is 0 Å². The number of hydrogen-bond acceptors (Lipinski definition) is 6. The first kappa shape index (κ1) is 12.8. The lowest BCUT2D eigenvalue weighted by Gasteiger charge is -2.06. The Morgan fingerprint density at radius 2 is 2.05 bits per heavy atom. The fourth-order valence-electron chi connectivity index (χ4n) is 1.73. The Kier molecular flexibility index (Phi) is 3.47. The number of fused-ring (bicyclic) bond motifs is 1. The minimum Gasteiger partial charge on any atom is -0.476 e. The molecule has 0 spiro atoms. The molecule has 6 heteroatoms. The Morgan fingerprint density at radius 3 is 2.85 bits per heavy atom. The van der Waals surface area contributed by atoms with Crippen LogP contribution in [0, 0.1) is 0 Å². The van der Waals surface area contributed by atoms with Gasteiger partial charge in [0.2, 0.25) is 5.88 Å². The van der Waals surface area contributed by atoms with Crippen LogP contribution < -0.4 is 10.5 Å². The van der Waals surface area contributed by atoms with Gasteiger partial charge in [0.25, 0.3) is 5.22 Å². The molecule has 102 valence electrons. The zero-order valence-corrected chi connectivity index (χ0v) is 11.7. The average molecular weight is 287 g/mol. The van der Waals surface area contributed by atoms with Gasteiger partial charge in [0, 0.05) is 0 Å². The van der Waals surface area contributed by atoms with Gasteiger partial charge in [-0.2, -0.15) is 0 Å². The zero-order valence-electron chi connectivity index (χ0n) is 10.9. The Morgan fingerprint density at radius 1 is 1.20 bits per heavy atom. The molecular formula is C14H13N3O2S. The Bertz CT molecular complexity index is 709. The van der Waals surface area contributed by atoms with E-state index in [1.807, 2.05) is 37.3 Å². The highest BCUT2D eigenvalue weighted by molar-refractivity contribution is 7.99. The molecule has 0 bridgehead atoms. The van der Waals surface area contributed by atoms with E-state index < -0.39 is 0 Å². The van der Waals surface area contributed by atoms with E-state index in [1.165, 1.54) is 11.8 Å². The maximum atomic E-state index is 5.79. The first-order valence-electron chi connectivity index (χ1n) is 6.19. The zero-order chi connectivity index (χ0) is 13.9. The first-order valence-corrected chi connectivity index (χ1v) is 7.00. The van der Waals surface area contributed by atoms with Crippen LogP contribution in [0.2, 0.25) is 0 Å². The van der Waals surface area contributed by atoms with Gasteiger partial charge < -0.3 is 14.9 Å². The topological polar surface area (TPSA) is 74.2 Å². The van der Waals surface area contributed by atoms with Gasteiger partial charge in [-0.05, 0) is 43.0 Å². The maximum Gasteiger partial charge on any atom is 0.263 e. The number of ether oxygens (including phenoxy) is 1. The van der Waals surface area contributed by atoms with Gasteiger partial charge >= 0.3 is 0 Å². The Balaban J connectivity index is 1.88. The van der Waals surface area contributed by atoms with Crippen molar-refractivity contribution in [1.82, 2.24) is 9.97 Å². The number of hydrogen-bond donors (Lipinski definition) is 1. The minimum atomic E-state index is 0.439. The van der Waals surface area contributed by atoms with Crippen LogP contribution >= 0.6 is 11.8 Å². The molecule has 0 aliphatic rings. The van der Waals surface area contributed by atoms with E-state index in [-0.39, 0.29) is 0 Å². The molecule has 0 radical (unpaired) electrons. The number of oxazole rings is 1. The lowest BCUT2D eigenvalue weighted by Crippen LogP contribution is -1.99. The highest BCUT2D eigenvalue weighted by atomic mass is 32.2. The molecule has 0 fully saturated rings. The van der Waals surface area contributed by atoms with Gasteiger partial charge in [-0.25, -0.2) is 9.97 Å². The van der Waals surface area contributed by atoms with Crippen molar-refractivity contribution < 1.29 is 9.15 Å². The summed E-state index contributed by atoms with van der Waals surface area (Å²) in [6.07, 6.45) is 0. The lowest BCUT2D eigenvalue weighted by atomic mass is 10.3. The van der Waals surface area contributed by atoms with Crippen LogP contribution in [0.25, 0.3) is 11.1 Å². The van der Waals surface area contributed by atoms with Crippen molar-refractivity contribution in [2.24, 2.45) is 0 Å². The van der Waals surface area contributed by atoms with Crippen LogP contribution in [0.1, 0.15) is 6.92 Å². The van der Waals surface area contributed by atoms with Crippen LogP contribution in [0.4, 0.5) is 5.69 Å². The summed E-state index contributed by atoms with van der Waals surface area (Å²) in [5.41, 5.74) is 7.91. The molecule has 0 saturated carbocycles. The molecule has 5 nitrogen and oxygen atoms in total. The fourth-order valence-corrected chi connectivity index (χ4v) is 2.45. The van der Waals surface area contributed by atoms with Crippen LogP contribution in [0.3, 0.4) is 0 Å². The summed E-state index contributed by atoms with van der Waals surface area (Å²) in [7, 11) is 0. The monoisotopic (exact) mass is 287 g/mol. The predicted molar refractivity (Wildman–Crippen MR) is 78.0 cm³/mol. The molecule has 2 heterocycles. The molecule has 0 saturated heterocycles. The summed E-state index contributed by atoms with van der Waals surface area (Å²) >= 11 is 1.34. The van der Waals surface area contributed by atoms with Crippen molar-refractivity contribution in [3.8, 4) is 5.88 Å². The van der Waals surface area contributed by atoms with E-state index in [2.05, 4.69) is 9.97 Å². The van der Waals surface area contributed by atoms with Gasteiger partial charge in [0.05, 0.1) is 12.3 Å². The molecule has 20 heavy (non-hydrogen) atoms. The molecular weight excluding hydrogens is 274 g/mol. The second-order valence-corrected chi connectivity index (χ2v) is 5.00. The van der Waals surface area contributed by atoms with Crippen LogP contribution in [-0.2, 0) is 0 Å². The van der Waals surface area contributed by atoms with E-state index in [9.17, 15) is 0 Å². The van der Waals surface area contributed by atoms with E-state index in [4.69, 9.17) is 14.9 Å². The van der Waals surface area contributed by atoms with Crippen molar-refractivity contribution in [1.29, 1.82) is 0 Å². The highest BCUT2D eigenvalue weighted by Crippen LogP contribution is 2.31. The van der Waals surface area contributed by atoms with Gasteiger partial charge in [0.15, 0.2) is 5.58 Å². The normalized spacial score (nSPS) is 10.8. The summed E-state index contributed by atoms with van der Waals surface area (Å²) in [6, 6.07) is 11.2. The van der Waals surface area contributed by atoms with E-state index in [0.29, 0.717) is 23.4 Å². The summed E-state index contributed by atoms with van der Waals surface area (Å²) in [5.74, 6) is 0.439. The number of aromatic nitrogens is 2. The molecule has 3 rings (SSSR count). The van der Waals surface area contributed by atoms with Crippen molar-refractivity contribution in [2.75, 3.05) is 12.3 Å². The molecule has 0 amide bonds. The third-order valence-corrected chi connectivity index (χ3v) is 3.40. The molecule has 0 atom stereocenters. The largest absolute Gasteiger partial charge is 0.476 e. The van der Waals surface area contributed by atoms with Gasteiger partial charge in [0.1, 0.15) is 10.5 Å². The quantitative estimate of drug-likeness (QED) is 0.793. The molecule has 3 aromatic rings. The predicted octanol–water partition coefficient (Wildman–Crippen LogP) is 3.35. The molecule has 0 aliphatic heterocycles. The number of nitrogens with zero attached hydrogens (tertiary/aromatic N) is 2. The van der Waals surface area contributed by atoms with Crippen LogP contribution in [0.15, 0.2) is 51.1 Å². The Labute approximate surface area is 120 Å². The van der Waals surface area contributed by atoms with Crippen molar-refractivity contribution >= 4 is 28.5 Å². The second kappa shape index (κ2) is 5.42. The third-order valence-electron chi connectivity index (χ3n) is 2.61. The number of benzene rings is 1. The number of nitrogens with two attached hydrogens (primary N) is 1. The number of anilines is 1.